The van der Waals surface area contributed by atoms with Gasteiger partial charge >= 0.3 is 0 Å². The lowest BCUT2D eigenvalue weighted by Crippen LogP contribution is -2.47. The Morgan fingerprint density at radius 2 is 1.97 bits per heavy atom. The van der Waals surface area contributed by atoms with Crippen LogP contribution in [0.5, 0.6) is 5.75 Å². The van der Waals surface area contributed by atoms with Gasteiger partial charge < -0.3 is 15.7 Å². The number of anilines is 1. The number of piperidine rings is 1. The fourth-order valence-electron chi connectivity index (χ4n) is 4.19. The quantitative estimate of drug-likeness (QED) is 0.431. The van der Waals surface area contributed by atoms with Crippen LogP contribution in [0.2, 0.25) is 0 Å². The molecule has 0 radical (unpaired) electrons. The van der Waals surface area contributed by atoms with Gasteiger partial charge in [-0.15, -0.1) is 0 Å². The summed E-state index contributed by atoms with van der Waals surface area (Å²) in [5.74, 6) is 0.790. The van der Waals surface area contributed by atoms with E-state index >= 15 is 0 Å². The van der Waals surface area contributed by atoms with Crippen molar-refractivity contribution in [1.82, 2.24) is 19.6 Å². The van der Waals surface area contributed by atoms with E-state index < -0.39 is 10.0 Å². The van der Waals surface area contributed by atoms with Crippen LogP contribution in [0, 0.1) is 0 Å². The molecule has 9 heteroatoms. The van der Waals surface area contributed by atoms with E-state index in [9.17, 15) is 13.5 Å². The molecule has 0 bridgehead atoms. The van der Waals surface area contributed by atoms with E-state index in [-0.39, 0.29) is 11.8 Å². The van der Waals surface area contributed by atoms with Gasteiger partial charge in [0.15, 0.2) is 0 Å². The highest BCUT2D eigenvalue weighted by Crippen LogP contribution is 2.23. The molecule has 2 aromatic carbocycles. The van der Waals surface area contributed by atoms with E-state index in [0.29, 0.717) is 25.6 Å². The zero-order valence-electron chi connectivity index (χ0n) is 19.3. The van der Waals surface area contributed by atoms with Crippen molar-refractivity contribution in [2.24, 2.45) is 0 Å². The van der Waals surface area contributed by atoms with Gasteiger partial charge in [-0.05, 0) is 61.2 Å². The molecule has 1 aromatic heterocycles. The van der Waals surface area contributed by atoms with E-state index in [1.54, 1.807) is 22.6 Å². The molecule has 1 aliphatic heterocycles. The number of sulfonamides is 1. The minimum Gasteiger partial charge on any atom is -0.508 e. The van der Waals surface area contributed by atoms with Crippen molar-refractivity contribution in [3.05, 3.63) is 71.9 Å². The fraction of sp³-hybridized carbons (Fsp3) is 0.360. The number of rotatable bonds is 9. The van der Waals surface area contributed by atoms with Crippen molar-refractivity contribution in [3.63, 3.8) is 0 Å². The number of nitrogens with zero attached hydrogens (tertiary/aromatic N) is 3. The van der Waals surface area contributed by atoms with Crippen LogP contribution in [0.3, 0.4) is 0 Å². The van der Waals surface area contributed by atoms with Crippen LogP contribution in [-0.2, 0) is 23.0 Å². The van der Waals surface area contributed by atoms with Gasteiger partial charge in [0.25, 0.3) is 0 Å². The van der Waals surface area contributed by atoms with Gasteiger partial charge in [0.2, 0.25) is 16.0 Å². The van der Waals surface area contributed by atoms with Crippen molar-refractivity contribution >= 4 is 16.0 Å². The Morgan fingerprint density at radius 3 is 2.71 bits per heavy atom. The minimum atomic E-state index is -3.34. The Hall–Kier alpha value is -3.01. The molecular formula is C25H31N5O3S. The summed E-state index contributed by atoms with van der Waals surface area (Å²) in [5.41, 5.74) is 3.72. The molecule has 8 nitrogen and oxygen atoms in total. The smallest absolute Gasteiger partial charge is 0.223 e. The Kier molecular flexibility index (Phi) is 7.77. The molecule has 0 amide bonds. The normalized spacial score (nSPS) is 16.5. The standard InChI is InChI=1S/C25H31N5O3S/c1-34(32,33)30(22-6-3-13-26-17-22)18-20-4-2-5-21(16-20)24-12-15-28-25(29-24)27-14-11-19-7-9-23(31)10-8-19/h2,4-5,7-10,12,15-16,22,26,31H,3,6,11,13-14,17-18H2,1H3,(H,27,28,29). The SMILES string of the molecule is CS(=O)(=O)N(Cc1cccc(-c2ccnc(NCCc3ccc(O)cc3)n2)c1)C1CCCNC1. The van der Waals surface area contributed by atoms with Crippen molar-refractivity contribution in [2.45, 2.75) is 31.8 Å². The second-order valence-electron chi connectivity index (χ2n) is 8.62. The Bertz CT molecular complexity index is 1200. The maximum Gasteiger partial charge on any atom is 0.223 e. The van der Waals surface area contributed by atoms with Crippen molar-refractivity contribution in [2.75, 3.05) is 31.2 Å². The minimum absolute atomic E-state index is 0.0316. The lowest BCUT2D eigenvalue weighted by molar-refractivity contribution is 0.262. The Balaban J connectivity index is 1.44. The number of nitrogens with one attached hydrogen (secondary N) is 2. The van der Waals surface area contributed by atoms with Gasteiger partial charge in [-0.25, -0.2) is 18.4 Å². The topological polar surface area (TPSA) is 107 Å². The van der Waals surface area contributed by atoms with E-state index in [1.165, 1.54) is 6.26 Å². The number of phenolic OH excluding ortho intramolecular Hbond substituents is 1. The molecule has 0 saturated carbocycles. The molecule has 0 aliphatic carbocycles. The molecule has 3 aromatic rings. The Labute approximate surface area is 201 Å². The predicted molar refractivity (Wildman–Crippen MR) is 134 cm³/mol. The maximum absolute atomic E-state index is 12.5. The summed E-state index contributed by atoms with van der Waals surface area (Å²) < 4.78 is 26.6. The molecule has 180 valence electrons. The summed E-state index contributed by atoms with van der Waals surface area (Å²) >= 11 is 0. The van der Waals surface area contributed by atoms with E-state index in [2.05, 4.69) is 20.6 Å². The van der Waals surface area contributed by atoms with Gasteiger partial charge in [-0.2, -0.15) is 4.31 Å². The highest BCUT2D eigenvalue weighted by molar-refractivity contribution is 7.88. The first kappa shape index (κ1) is 24.1. The van der Waals surface area contributed by atoms with Crippen LogP contribution in [0.1, 0.15) is 24.0 Å². The number of aromatic hydroxyl groups is 1. The maximum atomic E-state index is 12.5. The zero-order valence-corrected chi connectivity index (χ0v) is 20.1. The molecule has 1 unspecified atom stereocenters. The van der Waals surface area contributed by atoms with Gasteiger partial charge in [0, 0.05) is 37.4 Å². The van der Waals surface area contributed by atoms with Crippen LogP contribution < -0.4 is 10.6 Å². The number of hydrogen-bond acceptors (Lipinski definition) is 7. The van der Waals surface area contributed by atoms with Crippen LogP contribution in [-0.4, -0.2) is 59.7 Å². The average Bonchev–Trinajstić information content (AvgIpc) is 2.84. The molecule has 3 N–H and O–H groups in total. The molecule has 0 spiro atoms. The first-order chi connectivity index (χ1) is 16.4. The average molecular weight is 482 g/mol. The van der Waals surface area contributed by atoms with E-state index in [4.69, 9.17) is 0 Å². The number of benzene rings is 2. The van der Waals surface area contributed by atoms with Crippen molar-refractivity contribution in [3.8, 4) is 17.0 Å². The van der Waals surface area contributed by atoms with Crippen LogP contribution in [0.25, 0.3) is 11.3 Å². The summed E-state index contributed by atoms with van der Waals surface area (Å²) in [6.07, 6.45) is 5.62. The molecule has 1 fully saturated rings. The van der Waals surface area contributed by atoms with E-state index in [1.807, 2.05) is 42.5 Å². The summed E-state index contributed by atoms with van der Waals surface area (Å²) in [7, 11) is -3.34. The largest absolute Gasteiger partial charge is 0.508 e. The highest BCUT2D eigenvalue weighted by Gasteiger charge is 2.28. The lowest BCUT2D eigenvalue weighted by Gasteiger charge is -2.33. The second kappa shape index (κ2) is 10.9. The number of aromatic nitrogens is 2. The second-order valence-corrected chi connectivity index (χ2v) is 10.6. The van der Waals surface area contributed by atoms with Gasteiger partial charge in [0.05, 0.1) is 11.9 Å². The summed E-state index contributed by atoms with van der Waals surface area (Å²) in [4.78, 5) is 8.96. The van der Waals surface area contributed by atoms with Gasteiger partial charge in [0.1, 0.15) is 5.75 Å². The van der Waals surface area contributed by atoms with Crippen molar-refractivity contribution < 1.29 is 13.5 Å². The van der Waals surface area contributed by atoms with Crippen molar-refractivity contribution in [1.29, 1.82) is 0 Å². The zero-order chi connectivity index (χ0) is 24.0. The first-order valence-electron chi connectivity index (χ1n) is 11.5. The van der Waals surface area contributed by atoms with Gasteiger partial charge in [-0.3, -0.25) is 0 Å². The molecule has 1 saturated heterocycles. The molecule has 34 heavy (non-hydrogen) atoms. The van der Waals surface area contributed by atoms with E-state index in [0.717, 1.165) is 48.2 Å². The third-order valence-electron chi connectivity index (χ3n) is 5.95. The van der Waals surface area contributed by atoms with Crippen LogP contribution in [0.4, 0.5) is 5.95 Å². The summed E-state index contributed by atoms with van der Waals surface area (Å²) in [6, 6.07) is 16.8. The lowest BCUT2D eigenvalue weighted by atomic mass is 10.1. The third-order valence-corrected chi connectivity index (χ3v) is 7.23. The fourth-order valence-corrected chi connectivity index (χ4v) is 5.30. The third kappa shape index (κ3) is 6.53. The van der Waals surface area contributed by atoms with Crippen LogP contribution >= 0.6 is 0 Å². The van der Waals surface area contributed by atoms with Crippen LogP contribution in [0.15, 0.2) is 60.8 Å². The molecular weight excluding hydrogens is 450 g/mol. The first-order valence-corrected chi connectivity index (χ1v) is 13.3. The molecule has 1 aliphatic rings. The summed E-state index contributed by atoms with van der Waals surface area (Å²) in [6.45, 7) is 2.61. The number of phenols is 1. The summed E-state index contributed by atoms with van der Waals surface area (Å²) in [5, 5.41) is 16.0. The highest BCUT2D eigenvalue weighted by atomic mass is 32.2. The molecule has 2 heterocycles. The number of hydrogen-bond donors (Lipinski definition) is 3. The van der Waals surface area contributed by atoms with Gasteiger partial charge in [-0.1, -0.05) is 30.3 Å². The molecule has 4 rings (SSSR count). The Morgan fingerprint density at radius 1 is 1.15 bits per heavy atom. The monoisotopic (exact) mass is 481 g/mol. The predicted octanol–water partition coefficient (Wildman–Crippen LogP) is 3.02. The molecule has 1 atom stereocenters.